The molecule has 0 radical (unpaired) electrons. The van der Waals surface area contributed by atoms with E-state index in [4.69, 9.17) is 0 Å². The second kappa shape index (κ2) is 5.13. The Morgan fingerprint density at radius 1 is 1.20 bits per heavy atom. The van der Waals surface area contributed by atoms with Gasteiger partial charge in [0.2, 0.25) is 0 Å². The molecule has 2 heterocycles. The monoisotopic (exact) mass is 266 g/mol. The minimum Gasteiger partial charge on any atom is -0.308 e. The van der Waals surface area contributed by atoms with Gasteiger partial charge < -0.3 is 4.40 Å². The van der Waals surface area contributed by atoms with Crippen molar-refractivity contribution in [1.82, 2.24) is 4.40 Å². The summed E-state index contributed by atoms with van der Waals surface area (Å²) < 4.78 is 1.96. The molecule has 0 amide bonds. The third-order valence-corrected chi connectivity index (χ3v) is 4.27. The van der Waals surface area contributed by atoms with Crippen LogP contribution in [0.1, 0.15) is 59.8 Å². The summed E-state index contributed by atoms with van der Waals surface area (Å²) in [5.74, 6) is 0.0757. The maximum absolute atomic E-state index is 11.6. The fourth-order valence-electron chi connectivity index (χ4n) is 3.22. The van der Waals surface area contributed by atoms with Gasteiger partial charge in [-0.2, -0.15) is 5.26 Å². The lowest BCUT2D eigenvalue weighted by Gasteiger charge is -2.09. The lowest BCUT2D eigenvalue weighted by molar-refractivity contribution is 0.101. The van der Waals surface area contributed by atoms with Gasteiger partial charge in [0.25, 0.3) is 0 Å². The molecule has 0 fully saturated rings. The molecule has 0 bridgehead atoms. The van der Waals surface area contributed by atoms with E-state index in [9.17, 15) is 10.1 Å². The lowest BCUT2D eigenvalue weighted by Crippen LogP contribution is -1.98. The predicted molar refractivity (Wildman–Crippen MR) is 78.0 cm³/mol. The van der Waals surface area contributed by atoms with Crippen LogP contribution in [0.2, 0.25) is 0 Å². The van der Waals surface area contributed by atoms with Gasteiger partial charge in [-0.05, 0) is 55.9 Å². The van der Waals surface area contributed by atoms with Crippen LogP contribution >= 0.6 is 0 Å². The van der Waals surface area contributed by atoms with E-state index in [1.165, 1.54) is 30.4 Å². The highest BCUT2D eigenvalue weighted by Gasteiger charge is 2.19. The zero-order chi connectivity index (χ0) is 14.1. The van der Waals surface area contributed by atoms with Crippen molar-refractivity contribution >= 4 is 11.3 Å². The molecule has 102 valence electrons. The van der Waals surface area contributed by atoms with Crippen LogP contribution in [0.5, 0.6) is 0 Å². The number of rotatable bonds is 1. The van der Waals surface area contributed by atoms with Gasteiger partial charge >= 0.3 is 0 Å². The third kappa shape index (κ3) is 2.02. The molecule has 1 aliphatic rings. The van der Waals surface area contributed by atoms with Crippen molar-refractivity contribution in [1.29, 1.82) is 5.26 Å². The second-order valence-electron chi connectivity index (χ2n) is 5.56. The summed E-state index contributed by atoms with van der Waals surface area (Å²) in [6, 6.07) is 6.11. The zero-order valence-corrected chi connectivity index (χ0v) is 11.8. The first-order valence-corrected chi connectivity index (χ1v) is 7.29. The molecule has 0 aliphatic heterocycles. The van der Waals surface area contributed by atoms with Gasteiger partial charge in [-0.25, -0.2) is 0 Å². The van der Waals surface area contributed by atoms with E-state index in [0.29, 0.717) is 0 Å². The van der Waals surface area contributed by atoms with Gasteiger partial charge in [-0.3, -0.25) is 4.79 Å². The Morgan fingerprint density at radius 2 is 1.90 bits per heavy atom. The largest absolute Gasteiger partial charge is 0.308 e. The van der Waals surface area contributed by atoms with Gasteiger partial charge in [-0.1, -0.05) is 12.8 Å². The summed E-state index contributed by atoms with van der Waals surface area (Å²) in [5.41, 5.74) is 5.01. The van der Waals surface area contributed by atoms with E-state index in [2.05, 4.69) is 6.07 Å². The van der Waals surface area contributed by atoms with Crippen molar-refractivity contribution in [3.63, 3.8) is 0 Å². The Morgan fingerprint density at radius 3 is 2.55 bits per heavy atom. The maximum Gasteiger partial charge on any atom is 0.159 e. The lowest BCUT2D eigenvalue weighted by atomic mass is 9.94. The molecular formula is C17H18N2O. The fourth-order valence-corrected chi connectivity index (χ4v) is 3.22. The Kier molecular flexibility index (Phi) is 3.31. The molecule has 0 atom stereocenters. The smallest absolute Gasteiger partial charge is 0.159 e. The average Bonchev–Trinajstić information content (AvgIpc) is 2.69. The van der Waals surface area contributed by atoms with Gasteiger partial charge in [0.15, 0.2) is 5.78 Å². The van der Waals surface area contributed by atoms with Crippen molar-refractivity contribution in [3.05, 3.63) is 40.7 Å². The number of carbonyl (C=O) groups excluding carboxylic acids is 1. The molecule has 0 aromatic carbocycles. The molecule has 3 heteroatoms. The van der Waals surface area contributed by atoms with Crippen LogP contribution in [-0.4, -0.2) is 10.2 Å². The standard InChI is InChI=1S/C17H18N2O/c1-12(20)13-8-9-19-16(10-13)14-6-4-2-3-5-7-15(14)17(19)11-18/h8-10H,2-7H2,1H3. The van der Waals surface area contributed by atoms with Crippen molar-refractivity contribution in [2.24, 2.45) is 0 Å². The Bertz CT molecular complexity index is 719. The predicted octanol–water partition coefficient (Wildman–Crippen LogP) is 3.67. The van der Waals surface area contributed by atoms with E-state index in [0.717, 1.165) is 36.0 Å². The van der Waals surface area contributed by atoms with E-state index in [1.54, 1.807) is 6.92 Å². The summed E-state index contributed by atoms with van der Waals surface area (Å²) in [6.45, 7) is 1.59. The van der Waals surface area contributed by atoms with Crippen LogP contribution in [0.25, 0.3) is 5.52 Å². The summed E-state index contributed by atoms with van der Waals surface area (Å²) >= 11 is 0. The minimum atomic E-state index is 0.0757. The van der Waals surface area contributed by atoms with Gasteiger partial charge in [0, 0.05) is 11.8 Å². The molecular weight excluding hydrogens is 248 g/mol. The molecule has 2 aromatic heterocycles. The summed E-state index contributed by atoms with van der Waals surface area (Å²) in [6.07, 6.45) is 8.69. The highest BCUT2D eigenvalue weighted by molar-refractivity contribution is 5.95. The second-order valence-corrected chi connectivity index (χ2v) is 5.56. The number of carbonyl (C=O) groups is 1. The first-order chi connectivity index (χ1) is 9.72. The first-order valence-electron chi connectivity index (χ1n) is 7.29. The van der Waals surface area contributed by atoms with Crippen LogP contribution in [-0.2, 0) is 12.8 Å². The zero-order valence-electron chi connectivity index (χ0n) is 11.8. The molecule has 20 heavy (non-hydrogen) atoms. The van der Waals surface area contributed by atoms with Gasteiger partial charge in [0.05, 0.1) is 5.52 Å². The molecule has 0 N–H and O–H groups in total. The van der Waals surface area contributed by atoms with E-state index >= 15 is 0 Å². The van der Waals surface area contributed by atoms with E-state index < -0.39 is 0 Å². The van der Waals surface area contributed by atoms with Crippen LogP contribution in [0.3, 0.4) is 0 Å². The Labute approximate surface area is 118 Å². The topological polar surface area (TPSA) is 45.3 Å². The number of aromatic nitrogens is 1. The molecule has 0 saturated carbocycles. The molecule has 1 aliphatic carbocycles. The maximum atomic E-state index is 11.6. The van der Waals surface area contributed by atoms with Crippen LogP contribution in [0.15, 0.2) is 18.3 Å². The van der Waals surface area contributed by atoms with Crippen molar-refractivity contribution in [3.8, 4) is 6.07 Å². The van der Waals surface area contributed by atoms with Crippen molar-refractivity contribution in [2.45, 2.75) is 45.4 Å². The normalized spacial score (nSPS) is 15.2. The quantitative estimate of drug-likeness (QED) is 0.739. The molecule has 3 nitrogen and oxygen atoms in total. The Balaban J connectivity index is 2.28. The molecule has 0 unspecified atom stereocenters. The molecule has 2 aromatic rings. The molecule has 3 rings (SSSR count). The first kappa shape index (κ1) is 12.9. The van der Waals surface area contributed by atoms with Crippen molar-refractivity contribution < 1.29 is 4.79 Å². The van der Waals surface area contributed by atoms with Crippen LogP contribution in [0, 0.1) is 11.3 Å². The number of ketones is 1. The van der Waals surface area contributed by atoms with Crippen LogP contribution < -0.4 is 0 Å². The number of hydrogen-bond donors (Lipinski definition) is 0. The summed E-state index contributed by atoms with van der Waals surface area (Å²) in [7, 11) is 0. The molecule has 0 spiro atoms. The number of aryl methyl sites for hydroxylation is 1. The highest BCUT2D eigenvalue weighted by Crippen LogP contribution is 2.29. The van der Waals surface area contributed by atoms with Crippen LogP contribution in [0.4, 0.5) is 0 Å². The van der Waals surface area contributed by atoms with Gasteiger partial charge in [0.1, 0.15) is 11.8 Å². The summed E-state index contributed by atoms with van der Waals surface area (Å²) in [4.78, 5) is 11.6. The van der Waals surface area contributed by atoms with Crippen molar-refractivity contribution in [2.75, 3.05) is 0 Å². The number of nitrogens with zero attached hydrogens (tertiary/aromatic N) is 2. The number of nitriles is 1. The number of hydrogen-bond acceptors (Lipinski definition) is 2. The number of fused-ring (bicyclic) bond motifs is 3. The fraction of sp³-hybridized carbons (Fsp3) is 0.412. The average molecular weight is 266 g/mol. The SMILES string of the molecule is CC(=O)c1ccn2c(C#N)c3c(c2c1)CCCCCC3. The van der Waals surface area contributed by atoms with Gasteiger partial charge in [-0.15, -0.1) is 0 Å². The summed E-state index contributed by atoms with van der Waals surface area (Å²) in [5, 5.41) is 9.48. The van der Waals surface area contributed by atoms with E-state index in [-0.39, 0.29) is 5.78 Å². The minimum absolute atomic E-state index is 0.0757. The third-order valence-electron chi connectivity index (χ3n) is 4.27. The number of Topliss-reactive ketones (excluding diaryl/α,β-unsaturated/α-hetero) is 1. The highest BCUT2D eigenvalue weighted by atomic mass is 16.1. The number of pyridine rings is 1. The molecule has 0 saturated heterocycles. The van der Waals surface area contributed by atoms with E-state index in [1.807, 2.05) is 22.7 Å². The Hall–Kier alpha value is -2.08.